The van der Waals surface area contributed by atoms with Gasteiger partial charge in [-0.05, 0) is 25.1 Å². The molecule has 0 saturated heterocycles. The van der Waals surface area contributed by atoms with Crippen molar-refractivity contribution in [1.82, 2.24) is 25.0 Å². The molecule has 2 amide bonds. The van der Waals surface area contributed by atoms with E-state index in [1.54, 1.807) is 17.1 Å². The van der Waals surface area contributed by atoms with Gasteiger partial charge in [-0.3, -0.25) is 14.3 Å². The average Bonchev–Trinajstić information content (AvgIpc) is 3.36. The van der Waals surface area contributed by atoms with Gasteiger partial charge in [0.15, 0.2) is 0 Å². The fourth-order valence-electron chi connectivity index (χ4n) is 3.28. The van der Waals surface area contributed by atoms with E-state index in [1.807, 2.05) is 46.8 Å². The highest BCUT2D eigenvalue weighted by Gasteiger charge is 2.29. The van der Waals surface area contributed by atoms with Gasteiger partial charge in [0.2, 0.25) is 0 Å². The smallest absolute Gasteiger partial charge is 0.270 e. The second-order valence-corrected chi connectivity index (χ2v) is 7.28. The lowest BCUT2D eigenvalue weighted by atomic mass is 10.1. The minimum Gasteiger partial charge on any atom is -0.348 e. The molecular formula is C19H19N5O2S. The maximum Gasteiger partial charge on any atom is 0.270 e. The first-order valence-electron chi connectivity index (χ1n) is 8.66. The van der Waals surface area contributed by atoms with Gasteiger partial charge in [0.1, 0.15) is 5.69 Å². The summed E-state index contributed by atoms with van der Waals surface area (Å²) in [5.74, 6) is -0.228. The molecule has 1 N–H and O–H groups in total. The lowest BCUT2D eigenvalue weighted by Gasteiger charge is -2.34. The molecule has 3 heterocycles. The first-order chi connectivity index (χ1) is 13.1. The molecule has 0 saturated carbocycles. The predicted molar refractivity (Wildman–Crippen MR) is 102 cm³/mol. The van der Waals surface area contributed by atoms with Gasteiger partial charge in [0.05, 0.1) is 23.8 Å². The highest BCUT2D eigenvalue weighted by atomic mass is 32.1. The lowest BCUT2D eigenvalue weighted by molar-refractivity contribution is 0.0666. The van der Waals surface area contributed by atoms with Gasteiger partial charge in [-0.25, -0.2) is 4.98 Å². The third kappa shape index (κ3) is 3.61. The molecule has 138 valence electrons. The molecule has 1 atom stereocenters. The van der Waals surface area contributed by atoms with Gasteiger partial charge in [-0.15, -0.1) is 11.3 Å². The van der Waals surface area contributed by atoms with E-state index in [4.69, 9.17) is 0 Å². The summed E-state index contributed by atoms with van der Waals surface area (Å²) in [6.45, 7) is 3.34. The largest absolute Gasteiger partial charge is 0.348 e. The Morgan fingerprint density at radius 3 is 3.00 bits per heavy atom. The fraction of sp³-hybridized carbons (Fsp3) is 0.263. The number of amides is 2. The van der Waals surface area contributed by atoms with Gasteiger partial charge in [-0.2, -0.15) is 5.10 Å². The van der Waals surface area contributed by atoms with Crippen LogP contribution in [0.25, 0.3) is 0 Å². The quantitative estimate of drug-likeness (QED) is 0.752. The summed E-state index contributed by atoms with van der Waals surface area (Å²) in [5, 5.41) is 8.99. The van der Waals surface area contributed by atoms with Crippen molar-refractivity contribution in [2.45, 2.75) is 19.5 Å². The number of aromatic nitrogens is 3. The standard InChI is InChI=1S/C19H19N5O2S/c1-13-3-2-4-14(7-13)19(26)23-9-15-5-6-22-24(15)16(10-23)8-20-18(25)17-11-27-12-21-17/h2-7,11-12,16H,8-10H2,1H3,(H,20,25)/t16-/m0/s1. The molecule has 7 nitrogen and oxygen atoms in total. The number of carbonyl (C=O) groups excluding carboxylic acids is 2. The van der Waals surface area contributed by atoms with Crippen LogP contribution < -0.4 is 5.32 Å². The second kappa shape index (κ2) is 7.32. The minimum absolute atomic E-state index is 0.0121. The van der Waals surface area contributed by atoms with Crippen molar-refractivity contribution in [2.24, 2.45) is 0 Å². The maximum absolute atomic E-state index is 13.0. The lowest BCUT2D eigenvalue weighted by Crippen LogP contribution is -2.45. The van der Waals surface area contributed by atoms with Crippen molar-refractivity contribution < 1.29 is 9.59 Å². The zero-order chi connectivity index (χ0) is 18.8. The Bertz CT molecular complexity index is 966. The van der Waals surface area contributed by atoms with E-state index >= 15 is 0 Å². The van der Waals surface area contributed by atoms with Crippen LogP contribution in [0, 0.1) is 6.92 Å². The van der Waals surface area contributed by atoms with Crippen LogP contribution in [-0.2, 0) is 6.54 Å². The van der Waals surface area contributed by atoms with Gasteiger partial charge >= 0.3 is 0 Å². The van der Waals surface area contributed by atoms with E-state index < -0.39 is 0 Å². The molecule has 0 bridgehead atoms. The Labute approximate surface area is 160 Å². The number of aryl methyl sites for hydroxylation is 1. The Kier molecular flexibility index (Phi) is 4.72. The van der Waals surface area contributed by atoms with Crippen LogP contribution in [0.15, 0.2) is 47.4 Å². The van der Waals surface area contributed by atoms with Crippen LogP contribution in [0.3, 0.4) is 0 Å². The van der Waals surface area contributed by atoms with Gasteiger partial charge in [0.25, 0.3) is 11.8 Å². The first kappa shape index (κ1) is 17.4. The van der Waals surface area contributed by atoms with E-state index in [9.17, 15) is 9.59 Å². The molecule has 0 spiro atoms. The number of fused-ring (bicyclic) bond motifs is 1. The van der Waals surface area contributed by atoms with Gasteiger partial charge in [0, 0.05) is 30.2 Å². The number of carbonyl (C=O) groups is 2. The Balaban J connectivity index is 1.50. The van der Waals surface area contributed by atoms with Gasteiger partial charge in [-0.1, -0.05) is 17.7 Å². The van der Waals surface area contributed by atoms with Crippen molar-refractivity contribution in [3.63, 3.8) is 0 Å². The van der Waals surface area contributed by atoms with Crippen LogP contribution >= 0.6 is 11.3 Å². The molecule has 0 fully saturated rings. The molecular weight excluding hydrogens is 362 g/mol. The summed E-state index contributed by atoms with van der Waals surface area (Å²) in [6.07, 6.45) is 1.73. The molecule has 0 unspecified atom stereocenters. The summed E-state index contributed by atoms with van der Waals surface area (Å²) < 4.78 is 1.89. The zero-order valence-corrected chi connectivity index (χ0v) is 15.6. The van der Waals surface area contributed by atoms with Crippen LogP contribution in [0.1, 0.15) is 38.1 Å². The molecule has 1 aliphatic heterocycles. The van der Waals surface area contributed by atoms with Crippen molar-refractivity contribution >= 4 is 23.2 Å². The maximum atomic E-state index is 13.0. The minimum atomic E-state index is -0.216. The fourth-order valence-corrected chi connectivity index (χ4v) is 3.81. The highest BCUT2D eigenvalue weighted by molar-refractivity contribution is 7.07. The summed E-state index contributed by atoms with van der Waals surface area (Å²) in [4.78, 5) is 31.0. The summed E-state index contributed by atoms with van der Waals surface area (Å²) in [7, 11) is 0. The zero-order valence-electron chi connectivity index (χ0n) is 14.8. The van der Waals surface area contributed by atoms with Crippen molar-refractivity contribution in [2.75, 3.05) is 13.1 Å². The van der Waals surface area contributed by atoms with Crippen LogP contribution in [-0.4, -0.2) is 44.6 Å². The molecule has 1 aliphatic rings. The van der Waals surface area contributed by atoms with E-state index in [2.05, 4.69) is 15.4 Å². The molecule has 2 aromatic heterocycles. The molecule has 8 heteroatoms. The summed E-state index contributed by atoms with van der Waals surface area (Å²) in [5.41, 5.74) is 4.71. The Morgan fingerprint density at radius 2 is 2.22 bits per heavy atom. The van der Waals surface area contributed by atoms with Crippen molar-refractivity contribution in [3.05, 3.63) is 69.9 Å². The normalized spacial score (nSPS) is 16.0. The SMILES string of the molecule is Cc1cccc(C(=O)N2Cc3ccnn3[C@@H](CNC(=O)c3cscn3)C2)c1. The number of nitrogens with one attached hydrogen (secondary N) is 1. The predicted octanol–water partition coefficient (Wildman–Crippen LogP) is 2.28. The Morgan fingerprint density at radius 1 is 1.33 bits per heavy atom. The molecule has 1 aromatic carbocycles. The summed E-state index contributed by atoms with van der Waals surface area (Å²) in [6, 6.07) is 9.37. The first-order valence-corrected chi connectivity index (χ1v) is 9.61. The number of hydrogen-bond donors (Lipinski definition) is 1. The molecule has 0 aliphatic carbocycles. The van der Waals surface area contributed by atoms with Crippen LogP contribution in [0.2, 0.25) is 0 Å². The van der Waals surface area contributed by atoms with Gasteiger partial charge < -0.3 is 10.2 Å². The van der Waals surface area contributed by atoms with Crippen LogP contribution in [0.4, 0.5) is 0 Å². The number of rotatable bonds is 4. The third-order valence-corrected chi connectivity index (χ3v) is 5.18. The van der Waals surface area contributed by atoms with Crippen molar-refractivity contribution in [3.8, 4) is 0 Å². The molecule has 0 radical (unpaired) electrons. The highest BCUT2D eigenvalue weighted by Crippen LogP contribution is 2.22. The number of nitrogens with zero attached hydrogens (tertiary/aromatic N) is 4. The van der Waals surface area contributed by atoms with E-state index in [0.29, 0.717) is 30.9 Å². The third-order valence-electron chi connectivity index (χ3n) is 4.60. The van der Waals surface area contributed by atoms with E-state index in [-0.39, 0.29) is 17.9 Å². The number of benzene rings is 1. The second-order valence-electron chi connectivity index (χ2n) is 6.56. The number of thiazole rings is 1. The molecule has 4 rings (SSSR count). The monoisotopic (exact) mass is 381 g/mol. The summed E-state index contributed by atoms with van der Waals surface area (Å²) >= 11 is 1.38. The van der Waals surface area contributed by atoms with Crippen molar-refractivity contribution in [1.29, 1.82) is 0 Å². The van der Waals surface area contributed by atoms with E-state index in [0.717, 1.165) is 11.3 Å². The number of hydrogen-bond acceptors (Lipinski definition) is 5. The Hall–Kier alpha value is -3.00. The molecule has 27 heavy (non-hydrogen) atoms. The average molecular weight is 381 g/mol. The molecule has 3 aromatic rings. The topological polar surface area (TPSA) is 80.1 Å². The van der Waals surface area contributed by atoms with E-state index in [1.165, 1.54) is 11.3 Å². The van der Waals surface area contributed by atoms with Crippen LogP contribution in [0.5, 0.6) is 0 Å².